The minimum Gasteiger partial charge on any atom is -0.493 e. The minimum absolute atomic E-state index is 0.117. The van der Waals surface area contributed by atoms with Crippen LogP contribution in [-0.2, 0) is 10.3 Å². The van der Waals surface area contributed by atoms with E-state index in [1.807, 2.05) is 18.2 Å². The Hall–Kier alpha value is -1.75. The van der Waals surface area contributed by atoms with Crippen LogP contribution in [0, 0.1) is 0 Å². The van der Waals surface area contributed by atoms with Gasteiger partial charge in [-0.1, -0.05) is 18.2 Å². The number of amides is 1. The Labute approximate surface area is 106 Å². The highest BCUT2D eigenvalue weighted by molar-refractivity contribution is 5.67. The molecule has 1 atom stereocenters. The fourth-order valence-electron chi connectivity index (χ4n) is 2.03. The van der Waals surface area contributed by atoms with Crippen LogP contribution in [0.4, 0.5) is 4.79 Å². The Kier molecular flexibility index (Phi) is 3.72. The summed E-state index contributed by atoms with van der Waals surface area (Å²) in [6.07, 6.45) is -0.0777. The molecule has 2 rings (SSSR count). The highest BCUT2D eigenvalue weighted by atomic mass is 16.5. The molecule has 0 aromatic heterocycles. The lowest BCUT2D eigenvalue weighted by Crippen LogP contribution is -2.44. The molecule has 0 unspecified atom stereocenters. The summed E-state index contributed by atoms with van der Waals surface area (Å²) in [5, 5.41) is 13.2. The van der Waals surface area contributed by atoms with Crippen molar-refractivity contribution in [2.45, 2.75) is 18.9 Å². The maximum atomic E-state index is 11.3. The fraction of sp³-hybridized carbons (Fsp3) is 0.462. The molecule has 1 aromatic rings. The molecule has 1 amide bonds. The summed E-state index contributed by atoms with van der Waals surface area (Å²) in [4.78, 5) is 11.3. The van der Waals surface area contributed by atoms with Gasteiger partial charge in [0.2, 0.25) is 0 Å². The van der Waals surface area contributed by atoms with E-state index in [1.165, 1.54) is 0 Å². The van der Waals surface area contributed by atoms with Crippen LogP contribution >= 0.6 is 0 Å². The Morgan fingerprint density at radius 2 is 2.33 bits per heavy atom. The molecule has 18 heavy (non-hydrogen) atoms. The monoisotopic (exact) mass is 251 g/mol. The van der Waals surface area contributed by atoms with Crippen molar-refractivity contribution in [2.75, 3.05) is 19.8 Å². The molecule has 1 aromatic carbocycles. The maximum absolute atomic E-state index is 11.3. The SMILES string of the molecule is CCOC(=O)NC[C@@]1(O)CCOc2ccccc21. The summed E-state index contributed by atoms with van der Waals surface area (Å²) in [6, 6.07) is 7.30. The standard InChI is InChI=1S/C13H17NO4/c1-2-17-12(15)14-9-13(16)7-8-18-11-6-4-3-5-10(11)13/h3-6,16H,2,7-9H2,1H3,(H,14,15)/t13-/m0/s1. The van der Waals surface area contributed by atoms with Gasteiger partial charge < -0.3 is 19.9 Å². The van der Waals surface area contributed by atoms with E-state index in [-0.39, 0.29) is 6.54 Å². The molecule has 1 aliphatic heterocycles. The van der Waals surface area contributed by atoms with Crippen LogP contribution < -0.4 is 10.1 Å². The van der Waals surface area contributed by atoms with Crippen LogP contribution in [0.1, 0.15) is 18.9 Å². The number of carbonyl (C=O) groups excluding carboxylic acids is 1. The number of ether oxygens (including phenoxy) is 2. The topological polar surface area (TPSA) is 67.8 Å². The number of hydrogen-bond acceptors (Lipinski definition) is 4. The van der Waals surface area contributed by atoms with Gasteiger partial charge in [-0.2, -0.15) is 0 Å². The average molecular weight is 251 g/mol. The zero-order valence-corrected chi connectivity index (χ0v) is 10.3. The second-order valence-corrected chi connectivity index (χ2v) is 4.20. The van der Waals surface area contributed by atoms with Crippen LogP contribution in [-0.4, -0.2) is 31.0 Å². The number of alkyl carbamates (subject to hydrolysis) is 1. The number of carbonyl (C=O) groups is 1. The van der Waals surface area contributed by atoms with Gasteiger partial charge in [0.05, 0.1) is 19.8 Å². The van der Waals surface area contributed by atoms with E-state index in [9.17, 15) is 9.90 Å². The molecule has 0 fully saturated rings. The van der Waals surface area contributed by atoms with Gasteiger partial charge in [0.1, 0.15) is 11.4 Å². The number of aliphatic hydroxyl groups is 1. The minimum atomic E-state index is -1.10. The van der Waals surface area contributed by atoms with Crippen LogP contribution in [0.5, 0.6) is 5.75 Å². The number of para-hydroxylation sites is 1. The van der Waals surface area contributed by atoms with Crippen LogP contribution in [0.3, 0.4) is 0 Å². The predicted octanol–water partition coefficient (Wildman–Crippen LogP) is 1.40. The quantitative estimate of drug-likeness (QED) is 0.852. The van der Waals surface area contributed by atoms with E-state index < -0.39 is 11.7 Å². The van der Waals surface area contributed by atoms with E-state index in [2.05, 4.69) is 5.32 Å². The predicted molar refractivity (Wildman–Crippen MR) is 65.5 cm³/mol. The van der Waals surface area contributed by atoms with Gasteiger partial charge in [-0.25, -0.2) is 4.79 Å². The molecule has 98 valence electrons. The van der Waals surface area contributed by atoms with Crippen molar-refractivity contribution >= 4 is 6.09 Å². The molecule has 2 N–H and O–H groups in total. The van der Waals surface area contributed by atoms with Gasteiger partial charge in [0.15, 0.2) is 0 Å². The number of fused-ring (bicyclic) bond motifs is 1. The molecule has 0 radical (unpaired) electrons. The number of nitrogens with one attached hydrogen (secondary N) is 1. The Bertz CT molecular complexity index is 435. The summed E-state index contributed by atoms with van der Waals surface area (Å²) in [5.74, 6) is 0.664. The van der Waals surface area contributed by atoms with Gasteiger partial charge in [-0.3, -0.25) is 0 Å². The van der Waals surface area contributed by atoms with Crippen molar-refractivity contribution in [3.63, 3.8) is 0 Å². The molecule has 1 heterocycles. The van der Waals surface area contributed by atoms with Crippen LogP contribution in [0.25, 0.3) is 0 Å². The smallest absolute Gasteiger partial charge is 0.407 e. The van der Waals surface area contributed by atoms with E-state index in [0.29, 0.717) is 30.9 Å². The second kappa shape index (κ2) is 5.27. The molecule has 5 heteroatoms. The summed E-state index contributed by atoms with van der Waals surface area (Å²) in [6.45, 7) is 2.59. The Morgan fingerprint density at radius 1 is 1.56 bits per heavy atom. The number of rotatable bonds is 3. The van der Waals surface area contributed by atoms with Crippen LogP contribution in [0.15, 0.2) is 24.3 Å². The average Bonchev–Trinajstić information content (AvgIpc) is 2.38. The van der Waals surface area contributed by atoms with Gasteiger partial charge in [0.25, 0.3) is 0 Å². The van der Waals surface area contributed by atoms with Crippen molar-refractivity contribution in [3.05, 3.63) is 29.8 Å². The molecule has 0 saturated heterocycles. The summed E-state index contributed by atoms with van der Waals surface area (Å²) >= 11 is 0. The van der Waals surface area contributed by atoms with Crippen molar-refractivity contribution in [2.24, 2.45) is 0 Å². The first-order valence-corrected chi connectivity index (χ1v) is 6.01. The Morgan fingerprint density at radius 3 is 3.11 bits per heavy atom. The van der Waals surface area contributed by atoms with E-state index in [1.54, 1.807) is 13.0 Å². The fourth-order valence-corrected chi connectivity index (χ4v) is 2.03. The van der Waals surface area contributed by atoms with Gasteiger partial charge in [-0.05, 0) is 13.0 Å². The van der Waals surface area contributed by atoms with Crippen molar-refractivity contribution in [3.8, 4) is 5.75 Å². The third-order valence-corrected chi connectivity index (χ3v) is 2.96. The summed E-state index contributed by atoms with van der Waals surface area (Å²) in [5.41, 5.74) is -0.394. The lowest BCUT2D eigenvalue weighted by atomic mass is 9.88. The summed E-state index contributed by atoms with van der Waals surface area (Å²) in [7, 11) is 0. The third kappa shape index (κ3) is 2.56. The van der Waals surface area contributed by atoms with Gasteiger partial charge >= 0.3 is 6.09 Å². The van der Waals surface area contributed by atoms with Crippen molar-refractivity contribution < 1.29 is 19.4 Å². The maximum Gasteiger partial charge on any atom is 0.407 e. The normalized spacial score (nSPS) is 21.7. The first-order valence-electron chi connectivity index (χ1n) is 6.01. The molecule has 0 bridgehead atoms. The highest BCUT2D eigenvalue weighted by Gasteiger charge is 2.35. The molecule has 0 aliphatic carbocycles. The lowest BCUT2D eigenvalue weighted by molar-refractivity contribution is -0.00233. The van der Waals surface area contributed by atoms with E-state index in [4.69, 9.17) is 9.47 Å². The largest absolute Gasteiger partial charge is 0.493 e. The van der Waals surface area contributed by atoms with Crippen LogP contribution in [0.2, 0.25) is 0 Å². The second-order valence-electron chi connectivity index (χ2n) is 4.20. The molecular formula is C13H17NO4. The first-order chi connectivity index (χ1) is 8.65. The highest BCUT2D eigenvalue weighted by Crippen LogP contribution is 2.36. The first kappa shape index (κ1) is 12.7. The van der Waals surface area contributed by atoms with Gasteiger partial charge in [0, 0.05) is 12.0 Å². The van der Waals surface area contributed by atoms with Gasteiger partial charge in [-0.15, -0.1) is 0 Å². The summed E-state index contributed by atoms with van der Waals surface area (Å²) < 4.78 is 10.2. The number of benzene rings is 1. The van der Waals surface area contributed by atoms with E-state index in [0.717, 1.165) is 0 Å². The zero-order valence-electron chi connectivity index (χ0n) is 10.3. The molecule has 5 nitrogen and oxygen atoms in total. The molecule has 1 aliphatic rings. The number of hydrogen-bond donors (Lipinski definition) is 2. The van der Waals surface area contributed by atoms with Crippen molar-refractivity contribution in [1.29, 1.82) is 0 Å². The van der Waals surface area contributed by atoms with E-state index >= 15 is 0 Å². The molecule has 0 spiro atoms. The van der Waals surface area contributed by atoms with Crippen molar-refractivity contribution in [1.82, 2.24) is 5.32 Å². The molecular weight excluding hydrogens is 234 g/mol. The zero-order chi connectivity index (χ0) is 13.0. The lowest BCUT2D eigenvalue weighted by Gasteiger charge is -2.34. The Balaban J connectivity index is 2.10. The third-order valence-electron chi connectivity index (χ3n) is 2.96. The molecule has 0 saturated carbocycles.